The fourth-order valence-electron chi connectivity index (χ4n) is 3.46. The molecule has 1 aliphatic heterocycles. The summed E-state index contributed by atoms with van der Waals surface area (Å²) in [4.78, 5) is 20.7. The van der Waals surface area contributed by atoms with Gasteiger partial charge in [-0.25, -0.2) is 8.78 Å². The van der Waals surface area contributed by atoms with Gasteiger partial charge in [0.25, 0.3) is 5.91 Å². The molecule has 1 saturated heterocycles. The Kier molecular flexibility index (Phi) is 10.2. The summed E-state index contributed by atoms with van der Waals surface area (Å²) >= 11 is 0. The molecule has 0 unspecified atom stereocenters. The maximum absolute atomic E-state index is 14.0. The van der Waals surface area contributed by atoms with E-state index in [0.717, 1.165) is 30.2 Å². The van der Waals surface area contributed by atoms with Gasteiger partial charge >= 0.3 is 0 Å². The molecule has 0 saturated carbocycles. The number of aryl methyl sites for hydroxylation is 1. The molecule has 3 rings (SSSR count). The summed E-state index contributed by atoms with van der Waals surface area (Å²) in [5.74, 6) is 0.0452. The smallest absolute Gasteiger partial charge is 0.287 e. The molecule has 0 aliphatic carbocycles. The zero-order chi connectivity index (χ0) is 22.2. The number of piperazine rings is 1. The second-order valence-corrected chi connectivity index (χ2v) is 7.35. The summed E-state index contributed by atoms with van der Waals surface area (Å²) in [6.07, 6.45) is 2.19. The van der Waals surface area contributed by atoms with Gasteiger partial charge in [-0.1, -0.05) is 0 Å². The summed E-state index contributed by atoms with van der Waals surface area (Å²) in [5, 5.41) is 6.11. The molecule has 0 radical (unpaired) electrons. The number of hydrogen-bond donors (Lipinski definition) is 2. The second-order valence-electron chi connectivity index (χ2n) is 7.35. The third kappa shape index (κ3) is 6.81. The summed E-state index contributed by atoms with van der Waals surface area (Å²) < 4.78 is 32.7. The average Bonchev–Trinajstić information content (AvgIpc) is 3.20. The lowest BCUT2D eigenvalue weighted by molar-refractivity contribution is 0.0925. The molecular weight excluding hydrogens is 531 g/mol. The zero-order valence-electron chi connectivity index (χ0n) is 18.4. The lowest BCUT2D eigenvalue weighted by Crippen LogP contribution is -2.52. The zero-order valence-corrected chi connectivity index (χ0v) is 20.7. The van der Waals surface area contributed by atoms with E-state index in [2.05, 4.69) is 20.5 Å². The fourth-order valence-corrected chi connectivity index (χ4v) is 3.46. The van der Waals surface area contributed by atoms with Crippen molar-refractivity contribution < 1.29 is 18.0 Å². The number of nitrogens with zero attached hydrogens (tertiary/aromatic N) is 3. The molecule has 1 aromatic carbocycles. The van der Waals surface area contributed by atoms with Crippen LogP contribution in [0.4, 0.5) is 14.5 Å². The second kappa shape index (κ2) is 12.6. The molecular formula is C22H30F2IN5O2. The highest BCUT2D eigenvalue weighted by Gasteiger charge is 2.22. The number of rotatable bonds is 7. The number of hydrogen-bond acceptors (Lipinski definition) is 4. The van der Waals surface area contributed by atoms with E-state index in [1.54, 1.807) is 6.07 Å². The molecule has 32 heavy (non-hydrogen) atoms. The number of furan rings is 1. The maximum Gasteiger partial charge on any atom is 0.287 e. The topological polar surface area (TPSA) is 73.1 Å². The van der Waals surface area contributed by atoms with Crippen molar-refractivity contribution in [2.24, 2.45) is 4.99 Å². The number of guanidine groups is 1. The van der Waals surface area contributed by atoms with Crippen LogP contribution < -0.4 is 15.5 Å². The van der Waals surface area contributed by atoms with Crippen LogP contribution in [0.15, 0.2) is 39.9 Å². The Morgan fingerprint density at radius 1 is 1.16 bits per heavy atom. The largest absolute Gasteiger partial charge is 0.459 e. The minimum absolute atomic E-state index is 0. The van der Waals surface area contributed by atoms with Crippen molar-refractivity contribution in [3.05, 3.63) is 53.5 Å². The van der Waals surface area contributed by atoms with Gasteiger partial charge in [-0.15, -0.1) is 24.0 Å². The van der Waals surface area contributed by atoms with Gasteiger partial charge in [0, 0.05) is 57.4 Å². The molecule has 1 fully saturated rings. The van der Waals surface area contributed by atoms with Gasteiger partial charge < -0.3 is 24.9 Å². The van der Waals surface area contributed by atoms with E-state index in [1.165, 1.54) is 12.3 Å². The van der Waals surface area contributed by atoms with Crippen molar-refractivity contribution in [3.63, 3.8) is 0 Å². The number of nitrogens with one attached hydrogen (secondary N) is 2. The van der Waals surface area contributed by atoms with E-state index < -0.39 is 11.6 Å². The van der Waals surface area contributed by atoms with Crippen molar-refractivity contribution >= 4 is 41.5 Å². The molecule has 0 spiro atoms. The molecule has 176 valence electrons. The van der Waals surface area contributed by atoms with Crippen LogP contribution in [0.2, 0.25) is 0 Å². The minimum atomic E-state index is -0.442. The van der Waals surface area contributed by atoms with Crippen LogP contribution >= 0.6 is 24.0 Å². The Morgan fingerprint density at radius 2 is 1.91 bits per heavy atom. The number of aliphatic imine (C=N–C) groups is 1. The third-order valence-electron chi connectivity index (χ3n) is 5.11. The first kappa shape index (κ1) is 25.9. The lowest BCUT2D eigenvalue weighted by atomic mass is 10.2. The van der Waals surface area contributed by atoms with Crippen LogP contribution in [0, 0.1) is 18.6 Å². The summed E-state index contributed by atoms with van der Waals surface area (Å²) in [5.41, 5.74) is 1.10. The van der Waals surface area contributed by atoms with Gasteiger partial charge in [0.05, 0.1) is 12.0 Å². The van der Waals surface area contributed by atoms with Crippen molar-refractivity contribution in [2.75, 3.05) is 50.7 Å². The van der Waals surface area contributed by atoms with Crippen LogP contribution in [-0.4, -0.2) is 62.6 Å². The first-order valence-electron chi connectivity index (χ1n) is 10.5. The molecule has 2 N–H and O–H groups in total. The lowest BCUT2D eigenvalue weighted by Gasteiger charge is -2.37. The van der Waals surface area contributed by atoms with Gasteiger partial charge in [0.2, 0.25) is 0 Å². The Labute approximate surface area is 204 Å². The highest BCUT2D eigenvalue weighted by Crippen LogP contribution is 2.22. The monoisotopic (exact) mass is 561 g/mol. The highest BCUT2D eigenvalue weighted by atomic mass is 127. The Bertz CT molecular complexity index is 913. The average molecular weight is 561 g/mol. The molecule has 0 atom stereocenters. The van der Waals surface area contributed by atoms with E-state index in [0.29, 0.717) is 57.1 Å². The third-order valence-corrected chi connectivity index (χ3v) is 5.11. The normalized spacial score (nSPS) is 14.2. The number of anilines is 1. The number of halogens is 3. The summed E-state index contributed by atoms with van der Waals surface area (Å²) in [6.45, 7) is 8.05. The van der Waals surface area contributed by atoms with Gasteiger partial charge in [0.1, 0.15) is 11.6 Å². The number of benzene rings is 1. The predicted molar refractivity (Wildman–Crippen MR) is 132 cm³/mol. The minimum Gasteiger partial charge on any atom is -0.459 e. The Balaban J connectivity index is 0.00000363. The fraction of sp³-hybridized carbons (Fsp3) is 0.455. The number of carbonyl (C=O) groups excluding carboxylic acids is 1. The van der Waals surface area contributed by atoms with E-state index >= 15 is 0 Å². The van der Waals surface area contributed by atoms with Gasteiger partial charge in [0.15, 0.2) is 11.7 Å². The van der Waals surface area contributed by atoms with Crippen molar-refractivity contribution in [2.45, 2.75) is 20.3 Å². The van der Waals surface area contributed by atoms with E-state index in [-0.39, 0.29) is 29.9 Å². The van der Waals surface area contributed by atoms with Crippen LogP contribution in [0.1, 0.15) is 29.5 Å². The summed E-state index contributed by atoms with van der Waals surface area (Å²) in [7, 11) is 0. The van der Waals surface area contributed by atoms with Crippen molar-refractivity contribution in [3.8, 4) is 0 Å². The molecule has 10 heteroatoms. The van der Waals surface area contributed by atoms with Crippen LogP contribution in [0.25, 0.3) is 0 Å². The summed E-state index contributed by atoms with van der Waals surface area (Å²) in [6, 6.07) is 5.28. The predicted octanol–water partition coefficient (Wildman–Crippen LogP) is 3.39. The Morgan fingerprint density at radius 3 is 2.56 bits per heavy atom. The van der Waals surface area contributed by atoms with E-state index in [1.807, 2.05) is 18.7 Å². The number of carbonyl (C=O) groups is 1. The van der Waals surface area contributed by atoms with Crippen molar-refractivity contribution in [1.82, 2.24) is 15.5 Å². The molecule has 2 aromatic rings. The van der Waals surface area contributed by atoms with E-state index in [4.69, 9.17) is 4.42 Å². The van der Waals surface area contributed by atoms with Gasteiger partial charge in [-0.05, 0) is 38.5 Å². The maximum atomic E-state index is 14.0. The van der Waals surface area contributed by atoms with E-state index in [9.17, 15) is 13.6 Å². The SMILES string of the molecule is CCNC(=NCCCNC(=O)c1occc1C)N1CCN(c2cc(F)ccc2F)CC1.I. The van der Waals surface area contributed by atoms with Crippen LogP contribution in [0.3, 0.4) is 0 Å². The molecule has 1 aromatic heterocycles. The van der Waals surface area contributed by atoms with Crippen LogP contribution in [-0.2, 0) is 0 Å². The molecule has 0 bridgehead atoms. The first-order chi connectivity index (χ1) is 15.0. The number of amides is 1. The molecule has 2 heterocycles. The van der Waals surface area contributed by atoms with Crippen molar-refractivity contribution in [1.29, 1.82) is 0 Å². The van der Waals surface area contributed by atoms with Gasteiger partial charge in [-0.3, -0.25) is 9.79 Å². The molecule has 1 aliphatic rings. The standard InChI is InChI=1S/C22H29F2N5O2.HI/c1-3-25-22(27-9-4-8-26-21(30)20-16(2)7-14-31-20)29-12-10-28(11-13-29)19-15-17(23)5-6-18(19)24;/h5-7,14-15H,3-4,8-13H2,1-2H3,(H,25,27)(H,26,30);1H. The van der Waals surface area contributed by atoms with Gasteiger partial charge in [-0.2, -0.15) is 0 Å². The quantitative estimate of drug-likeness (QED) is 0.235. The van der Waals surface area contributed by atoms with Crippen LogP contribution in [0.5, 0.6) is 0 Å². The Hall–Kier alpha value is -2.37. The molecule has 7 nitrogen and oxygen atoms in total. The molecule has 1 amide bonds. The first-order valence-corrected chi connectivity index (χ1v) is 10.5. The highest BCUT2D eigenvalue weighted by molar-refractivity contribution is 14.0.